The Morgan fingerprint density at radius 1 is 1.68 bits per heavy atom. The summed E-state index contributed by atoms with van der Waals surface area (Å²) in [6.07, 6.45) is 0. The maximum atomic E-state index is 11.6. The van der Waals surface area contributed by atoms with Crippen LogP contribution in [0, 0.1) is 21.4 Å². The molecule has 1 amide bonds. The first kappa shape index (κ1) is 14.6. The lowest BCUT2D eigenvalue weighted by atomic mass is 10.1. The molecule has 3 N–H and O–H groups in total. The van der Waals surface area contributed by atoms with Crippen LogP contribution in [0.1, 0.15) is 5.56 Å². The smallest absolute Gasteiger partial charge is 0.270 e. The second-order valence-electron chi connectivity index (χ2n) is 3.65. The lowest BCUT2D eigenvalue weighted by Crippen LogP contribution is -2.39. The molecule has 0 spiro atoms. The lowest BCUT2D eigenvalue weighted by Gasteiger charge is -2.11. The van der Waals surface area contributed by atoms with E-state index < -0.39 is 16.9 Å². The zero-order valence-electron chi connectivity index (χ0n) is 10.1. The predicted octanol–water partition coefficient (Wildman–Crippen LogP) is 0.379. The Morgan fingerprint density at radius 3 is 2.89 bits per heavy atom. The van der Waals surface area contributed by atoms with Gasteiger partial charge in [-0.05, 0) is 6.07 Å². The number of methoxy groups -OCH3 is 1. The van der Waals surface area contributed by atoms with Gasteiger partial charge < -0.3 is 15.8 Å². The number of nitro groups is 1. The molecular formula is C11H12N4O4. The predicted molar refractivity (Wildman–Crippen MR) is 66.3 cm³/mol. The van der Waals surface area contributed by atoms with E-state index in [4.69, 9.17) is 15.7 Å². The summed E-state index contributed by atoms with van der Waals surface area (Å²) in [4.78, 5) is 21.6. The fourth-order valence-corrected chi connectivity index (χ4v) is 1.33. The van der Waals surface area contributed by atoms with Gasteiger partial charge in [0.15, 0.2) is 0 Å². The third kappa shape index (κ3) is 3.74. The molecule has 0 aliphatic carbocycles. The third-order valence-electron chi connectivity index (χ3n) is 2.28. The van der Waals surface area contributed by atoms with Gasteiger partial charge in [0.25, 0.3) is 5.69 Å². The number of nitrogens with zero attached hydrogens (tertiary/aromatic N) is 2. The molecule has 1 aromatic carbocycles. The van der Waals surface area contributed by atoms with Crippen molar-refractivity contribution in [2.45, 2.75) is 6.04 Å². The summed E-state index contributed by atoms with van der Waals surface area (Å²) in [5, 5.41) is 21.9. The van der Waals surface area contributed by atoms with Crippen molar-refractivity contribution in [1.29, 1.82) is 5.26 Å². The standard InChI is InChI=1S/C11H12N4O4/c1-19-6-9(13)11(16)14-10-3-2-8(15(17)18)4-7(10)5-12/h2-4,9H,6,13H2,1H3,(H,14,16). The van der Waals surface area contributed by atoms with E-state index in [0.29, 0.717) is 0 Å². The molecule has 0 fully saturated rings. The van der Waals surface area contributed by atoms with Crippen LogP contribution in [0.25, 0.3) is 0 Å². The number of hydrogen-bond donors (Lipinski definition) is 2. The Kier molecular flexibility index (Phi) is 4.93. The van der Waals surface area contributed by atoms with Gasteiger partial charge in [0.05, 0.1) is 22.8 Å². The summed E-state index contributed by atoms with van der Waals surface area (Å²) >= 11 is 0. The first-order valence-corrected chi connectivity index (χ1v) is 5.23. The molecule has 1 atom stereocenters. The highest BCUT2D eigenvalue weighted by atomic mass is 16.6. The van der Waals surface area contributed by atoms with Crippen LogP contribution in [0.4, 0.5) is 11.4 Å². The van der Waals surface area contributed by atoms with Gasteiger partial charge >= 0.3 is 0 Å². The number of benzene rings is 1. The summed E-state index contributed by atoms with van der Waals surface area (Å²) in [5.74, 6) is -0.535. The number of ether oxygens (including phenoxy) is 1. The average Bonchev–Trinajstić information content (AvgIpc) is 2.39. The van der Waals surface area contributed by atoms with Crippen molar-refractivity contribution in [2.24, 2.45) is 5.73 Å². The highest BCUT2D eigenvalue weighted by molar-refractivity contribution is 5.96. The minimum Gasteiger partial charge on any atom is -0.383 e. The van der Waals surface area contributed by atoms with Crippen LogP contribution in [-0.4, -0.2) is 30.6 Å². The molecule has 0 bridgehead atoms. The Bertz CT molecular complexity index is 538. The van der Waals surface area contributed by atoms with E-state index in [1.165, 1.54) is 19.2 Å². The topological polar surface area (TPSA) is 131 Å². The van der Waals surface area contributed by atoms with Crippen molar-refractivity contribution < 1.29 is 14.5 Å². The van der Waals surface area contributed by atoms with E-state index in [0.717, 1.165) is 6.07 Å². The van der Waals surface area contributed by atoms with Crippen molar-refractivity contribution in [3.8, 4) is 6.07 Å². The maximum Gasteiger partial charge on any atom is 0.270 e. The summed E-state index contributed by atoms with van der Waals surface area (Å²) in [6, 6.07) is 4.45. The number of nitrogens with one attached hydrogen (secondary N) is 1. The van der Waals surface area contributed by atoms with Crippen molar-refractivity contribution in [2.75, 3.05) is 19.0 Å². The van der Waals surface area contributed by atoms with E-state index in [9.17, 15) is 14.9 Å². The molecule has 0 heterocycles. The molecule has 100 valence electrons. The number of carbonyl (C=O) groups is 1. The Labute approximate surface area is 108 Å². The minimum absolute atomic E-state index is 0.00725. The Hall–Kier alpha value is -2.50. The van der Waals surface area contributed by atoms with Gasteiger partial charge in [-0.25, -0.2) is 0 Å². The number of nitriles is 1. The largest absolute Gasteiger partial charge is 0.383 e. The zero-order valence-corrected chi connectivity index (χ0v) is 10.1. The monoisotopic (exact) mass is 264 g/mol. The van der Waals surface area contributed by atoms with E-state index >= 15 is 0 Å². The molecule has 1 unspecified atom stereocenters. The van der Waals surface area contributed by atoms with Crippen LogP contribution in [-0.2, 0) is 9.53 Å². The summed E-state index contributed by atoms with van der Waals surface area (Å²) in [5.41, 5.74) is 5.45. The molecule has 8 heteroatoms. The van der Waals surface area contributed by atoms with Crippen LogP contribution in [0.3, 0.4) is 0 Å². The molecule has 1 rings (SSSR count). The molecule has 0 aliphatic rings. The molecule has 0 saturated carbocycles. The molecule has 8 nitrogen and oxygen atoms in total. The van der Waals surface area contributed by atoms with E-state index in [2.05, 4.69) is 5.32 Å². The SMILES string of the molecule is COCC(N)C(=O)Nc1ccc([N+](=O)[O-])cc1C#N. The first-order chi connectivity index (χ1) is 8.99. The molecule has 0 saturated heterocycles. The zero-order chi connectivity index (χ0) is 14.4. The van der Waals surface area contributed by atoms with Gasteiger partial charge in [0.2, 0.25) is 5.91 Å². The highest BCUT2D eigenvalue weighted by Gasteiger charge is 2.16. The van der Waals surface area contributed by atoms with Crippen LogP contribution >= 0.6 is 0 Å². The van der Waals surface area contributed by atoms with E-state index in [1.807, 2.05) is 0 Å². The number of carbonyl (C=O) groups excluding carboxylic acids is 1. The quantitative estimate of drug-likeness (QED) is 0.583. The molecule has 0 aromatic heterocycles. The number of anilines is 1. The fraction of sp³-hybridized carbons (Fsp3) is 0.273. The summed E-state index contributed by atoms with van der Waals surface area (Å²) in [6.45, 7) is 0.0285. The normalized spacial score (nSPS) is 11.4. The first-order valence-electron chi connectivity index (χ1n) is 5.23. The maximum absolute atomic E-state index is 11.6. The highest BCUT2D eigenvalue weighted by Crippen LogP contribution is 2.21. The number of amides is 1. The van der Waals surface area contributed by atoms with E-state index in [1.54, 1.807) is 6.07 Å². The minimum atomic E-state index is -0.883. The number of rotatable bonds is 5. The summed E-state index contributed by atoms with van der Waals surface area (Å²) in [7, 11) is 1.40. The Morgan fingerprint density at radius 2 is 2.37 bits per heavy atom. The number of nitro benzene ring substituents is 1. The molecular weight excluding hydrogens is 252 g/mol. The van der Waals surface area contributed by atoms with Crippen LogP contribution < -0.4 is 11.1 Å². The lowest BCUT2D eigenvalue weighted by molar-refractivity contribution is -0.384. The second-order valence-corrected chi connectivity index (χ2v) is 3.65. The van der Waals surface area contributed by atoms with Gasteiger partial charge in [0.1, 0.15) is 12.1 Å². The third-order valence-corrected chi connectivity index (χ3v) is 2.28. The number of non-ortho nitro benzene ring substituents is 1. The average molecular weight is 264 g/mol. The van der Waals surface area contributed by atoms with Gasteiger partial charge in [-0.1, -0.05) is 0 Å². The van der Waals surface area contributed by atoms with Crippen molar-refractivity contribution in [3.63, 3.8) is 0 Å². The van der Waals surface area contributed by atoms with Crippen LogP contribution in [0.5, 0.6) is 0 Å². The van der Waals surface area contributed by atoms with Crippen molar-refractivity contribution in [1.82, 2.24) is 0 Å². The van der Waals surface area contributed by atoms with Crippen molar-refractivity contribution in [3.05, 3.63) is 33.9 Å². The number of nitrogens with two attached hydrogens (primary N) is 1. The molecule has 19 heavy (non-hydrogen) atoms. The van der Waals surface area contributed by atoms with Gasteiger partial charge in [-0.2, -0.15) is 5.26 Å². The Balaban J connectivity index is 2.93. The fourth-order valence-electron chi connectivity index (χ4n) is 1.33. The van der Waals surface area contributed by atoms with Crippen LogP contribution in [0.2, 0.25) is 0 Å². The van der Waals surface area contributed by atoms with Gasteiger partial charge in [-0.15, -0.1) is 0 Å². The molecule has 0 radical (unpaired) electrons. The molecule has 0 aliphatic heterocycles. The second kappa shape index (κ2) is 6.44. The van der Waals surface area contributed by atoms with Crippen molar-refractivity contribution >= 4 is 17.3 Å². The summed E-state index contributed by atoms with van der Waals surface area (Å²) < 4.78 is 4.73. The molecule has 1 aromatic rings. The van der Waals surface area contributed by atoms with Crippen LogP contribution in [0.15, 0.2) is 18.2 Å². The van der Waals surface area contributed by atoms with E-state index in [-0.39, 0.29) is 23.5 Å². The van der Waals surface area contributed by atoms with Gasteiger partial charge in [-0.3, -0.25) is 14.9 Å². The van der Waals surface area contributed by atoms with Gasteiger partial charge in [0, 0.05) is 19.2 Å². The number of hydrogen-bond acceptors (Lipinski definition) is 6.